The number of carbonyl (C=O) groups is 2. The highest BCUT2D eigenvalue weighted by Crippen LogP contribution is 2.33. The lowest BCUT2D eigenvalue weighted by Crippen LogP contribution is -2.49. The molecule has 6 heteroatoms. The molecular formula is C17H25N3O3. The molecule has 6 nitrogen and oxygen atoms in total. The average molecular weight is 319 g/mol. The normalized spacial score (nSPS) is 17.5. The minimum Gasteiger partial charge on any atom is -0.425 e. The lowest BCUT2D eigenvalue weighted by molar-refractivity contribution is -0.121. The van der Waals surface area contributed by atoms with E-state index in [2.05, 4.69) is 5.32 Å². The SMILES string of the molecule is CCCCNC(=O)O[C@H]1Cc2ccccc2N1C(=O)[C@@H](N)CC. The highest BCUT2D eigenvalue weighted by molar-refractivity contribution is 5.99. The van der Waals surface area contributed by atoms with Gasteiger partial charge in [-0.2, -0.15) is 0 Å². The molecule has 0 radical (unpaired) electrons. The highest BCUT2D eigenvalue weighted by Gasteiger charge is 2.37. The second-order valence-electron chi connectivity index (χ2n) is 5.70. The molecule has 0 saturated heterocycles. The van der Waals surface area contributed by atoms with Gasteiger partial charge in [0.1, 0.15) is 0 Å². The monoisotopic (exact) mass is 319 g/mol. The Balaban J connectivity index is 2.12. The topological polar surface area (TPSA) is 84.7 Å². The Hall–Kier alpha value is -2.08. The molecule has 1 aromatic carbocycles. The molecule has 0 fully saturated rings. The van der Waals surface area contributed by atoms with Crippen LogP contribution in [0.3, 0.4) is 0 Å². The predicted molar refractivity (Wildman–Crippen MR) is 89.1 cm³/mol. The molecule has 2 amide bonds. The molecule has 0 aliphatic carbocycles. The standard InChI is InChI=1S/C17H25N3O3/c1-3-5-10-19-17(22)23-15-11-12-8-6-7-9-14(12)20(15)16(21)13(18)4-2/h6-9,13,15H,3-5,10-11,18H2,1-2H3,(H,19,22)/t13-,15-/m0/s1. The fourth-order valence-corrected chi connectivity index (χ4v) is 2.59. The quantitative estimate of drug-likeness (QED) is 0.787. The summed E-state index contributed by atoms with van der Waals surface area (Å²) in [4.78, 5) is 26.0. The van der Waals surface area contributed by atoms with Gasteiger partial charge in [0, 0.05) is 13.0 Å². The van der Waals surface area contributed by atoms with E-state index in [-0.39, 0.29) is 5.91 Å². The number of anilines is 1. The van der Waals surface area contributed by atoms with Crippen molar-refractivity contribution in [1.29, 1.82) is 0 Å². The number of nitrogens with two attached hydrogens (primary N) is 1. The Morgan fingerprint density at radius 1 is 1.39 bits per heavy atom. The first-order valence-corrected chi connectivity index (χ1v) is 8.19. The zero-order valence-electron chi connectivity index (χ0n) is 13.7. The van der Waals surface area contributed by atoms with Crippen LogP contribution in [0.15, 0.2) is 24.3 Å². The van der Waals surface area contributed by atoms with Gasteiger partial charge in [0.05, 0.1) is 11.7 Å². The molecule has 2 rings (SSSR count). The Morgan fingerprint density at radius 3 is 2.83 bits per heavy atom. The number of nitrogens with zero attached hydrogens (tertiary/aromatic N) is 1. The third-order valence-corrected chi connectivity index (χ3v) is 3.97. The van der Waals surface area contributed by atoms with Gasteiger partial charge >= 0.3 is 6.09 Å². The fraction of sp³-hybridized carbons (Fsp3) is 0.529. The summed E-state index contributed by atoms with van der Waals surface area (Å²) in [6.45, 7) is 4.47. The van der Waals surface area contributed by atoms with Crippen molar-refractivity contribution in [2.24, 2.45) is 5.73 Å². The van der Waals surface area contributed by atoms with Gasteiger partial charge in [0.25, 0.3) is 0 Å². The van der Waals surface area contributed by atoms with Crippen LogP contribution in [-0.4, -0.2) is 30.8 Å². The molecule has 2 atom stereocenters. The number of amides is 2. The van der Waals surface area contributed by atoms with Crippen LogP contribution in [0, 0.1) is 0 Å². The second-order valence-corrected chi connectivity index (χ2v) is 5.70. The average Bonchev–Trinajstić information content (AvgIpc) is 2.91. The number of nitrogens with one attached hydrogen (secondary N) is 1. The Bertz CT molecular complexity index is 562. The maximum Gasteiger partial charge on any atom is 0.409 e. The zero-order valence-corrected chi connectivity index (χ0v) is 13.7. The summed E-state index contributed by atoms with van der Waals surface area (Å²) >= 11 is 0. The van der Waals surface area contributed by atoms with Gasteiger partial charge in [0.15, 0.2) is 6.23 Å². The summed E-state index contributed by atoms with van der Waals surface area (Å²) in [7, 11) is 0. The summed E-state index contributed by atoms with van der Waals surface area (Å²) in [5.41, 5.74) is 7.65. The summed E-state index contributed by atoms with van der Waals surface area (Å²) in [6, 6.07) is 6.96. The van der Waals surface area contributed by atoms with Crippen molar-refractivity contribution < 1.29 is 14.3 Å². The lowest BCUT2D eigenvalue weighted by atomic mass is 10.1. The van der Waals surface area contributed by atoms with E-state index >= 15 is 0 Å². The largest absolute Gasteiger partial charge is 0.425 e. The Morgan fingerprint density at radius 2 is 2.13 bits per heavy atom. The first-order chi connectivity index (χ1) is 11.1. The molecule has 126 valence electrons. The van der Waals surface area contributed by atoms with E-state index in [1.165, 1.54) is 4.90 Å². The van der Waals surface area contributed by atoms with E-state index in [0.717, 1.165) is 24.1 Å². The van der Waals surface area contributed by atoms with Crippen LogP contribution in [0.1, 0.15) is 38.7 Å². The summed E-state index contributed by atoms with van der Waals surface area (Å²) in [6.07, 6.45) is 1.76. The zero-order chi connectivity index (χ0) is 16.8. The number of hydrogen-bond donors (Lipinski definition) is 2. The van der Waals surface area contributed by atoms with Crippen LogP contribution in [-0.2, 0) is 16.0 Å². The predicted octanol–water partition coefficient (Wildman–Crippen LogP) is 2.17. The number of carbonyl (C=O) groups excluding carboxylic acids is 2. The Kier molecular flexibility index (Phi) is 5.98. The third-order valence-electron chi connectivity index (χ3n) is 3.97. The third kappa shape index (κ3) is 4.01. The van der Waals surface area contributed by atoms with Gasteiger partial charge in [-0.25, -0.2) is 4.79 Å². The van der Waals surface area contributed by atoms with E-state index in [1.54, 1.807) is 0 Å². The van der Waals surface area contributed by atoms with Gasteiger partial charge in [-0.15, -0.1) is 0 Å². The van der Waals surface area contributed by atoms with Crippen molar-refractivity contribution in [3.05, 3.63) is 29.8 Å². The maximum atomic E-state index is 12.6. The van der Waals surface area contributed by atoms with Gasteiger partial charge in [-0.05, 0) is 24.5 Å². The van der Waals surface area contributed by atoms with Crippen molar-refractivity contribution in [3.8, 4) is 0 Å². The van der Waals surface area contributed by atoms with Crippen molar-refractivity contribution in [3.63, 3.8) is 0 Å². The number of fused-ring (bicyclic) bond motifs is 1. The van der Waals surface area contributed by atoms with Gasteiger partial charge in [0.2, 0.25) is 5.91 Å². The number of ether oxygens (including phenoxy) is 1. The first-order valence-electron chi connectivity index (χ1n) is 8.19. The van der Waals surface area contributed by atoms with Crippen LogP contribution in [0.4, 0.5) is 10.5 Å². The van der Waals surface area contributed by atoms with Crippen molar-refractivity contribution in [1.82, 2.24) is 5.32 Å². The smallest absolute Gasteiger partial charge is 0.409 e. The molecule has 1 heterocycles. The molecule has 0 unspecified atom stereocenters. The number of unbranched alkanes of at least 4 members (excludes halogenated alkanes) is 1. The molecule has 1 aliphatic rings. The number of rotatable bonds is 6. The first kappa shape index (κ1) is 17.3. The van der Waals surface area contributed by atoms with E-state index < -0.39 is 18.4 Å². The molecule has 3 N–H and O–H groups in total. The minimum atomic E-state index is -0.640. The van der Waals surface area contributed by atoms with E-state index in [4.69, 9.17) is 10.5 Å². The van der Waals surface area contributed by atoms with Crippen molar-refractivity contribution in [2.75, 3.05) is 11.4 Å². The lowest BCUT2D eigenvalue weighted by Gasteiger charge is -2.27. The number of benzene rings is 1. The molecule has 23 heavy (non-hydrogen) atoms. The molecule has 1 aliphatic heterocycles. The van der Waals surface area contributed by atoms with Gasteiger partial charge in [-0.1, -0.05) is 38.5 Å². The molecule has 0 spiro atoms. The second kappa shape index (κ2) is 7.97. The molecular weight excluding hydrogens is 294 g/mol. The van der Waals surface area contributed by atoms with E-state index in [1.807, 2.05) is 38.1 Å². The van der Waals surface area contributed by atoms with Crippen molar-refractivity contribution >= 4 is 17.7 Å². The van der Waals surface area contributed by atoms with E-state index in [0.29, 0.717) is 19.4 Å². The molecule has 1 aromatic rings. The summed E-state index contributed by atoms with van der Waals surface area (Å²) in [5, 5.41) is 2.71. The van der Waals surface area contributed by atoms with Crippen molar-refractivity contribution in [2.45, 2.75) is 51.8 Å². The molecule has 0 saturated carbocycles. The van der Waals surface area contributed by atoms with Crippen LogP contribution >= 0.6 is 0 Å². The maximum absolute atomic E-state index is 12.6. The fourth-order valence-electron chi connectivity index (χ4n) is 2.59. The van der Waals surface area contributed by atoms with Crippen LogP contribution < -0.4 is 16.0 Å². The van der Waals surface area contributed by atoms with Crippen LogP contribution in [0.25, 0.3) is 0 Å². The minimum absolute atomic E-state index is 0.219. The highest BCUT2D eigenvalue weighted by atomic mass is 16.6. The number of hydrogen-bond acceptors (Lipinski definition) is 4. The Labute approximate surface area is 137 Å². The number of para-hydroxylation sites is 1. The van der Waals surface area contributed by atoms with E-state index in [9.17, 15) is 9.59 Å². The van der Waals surface area contributed by atoms with Gasteiger partial charge in [-0.3, -0.25) is 9.69 Å². The van der Waals surface area contributed by atoms with Crippen LogP contribution in [0.2, 0.25) is 0 Å². The van der Waals surface area contributed by atoms with Gasteiger partial charge < -0.3 is 15.8 Å². The number of alkyl carbamates (subject to hydrolysis) is 1. The summed E-state index contributed by atoms with van der Waals surface area (Å²) in [5.74, 6) is -0.219. The summed E-state index contributed by atoms with van der Waals surface area (Å²) < 4.78 is 5.47. The molecule has 0 aromatic heterocycles. The molecule has 0 bridgehead atoms. The van der Waals surface area contributed by atoms with Crippen LogP contribution in [0.5, 0.6) is 0 Å².